The molecule has 0 atom stereocenters. The van der Waals surface area contributed by atoms with Gasteiger partial charge in [-0.1, -0.05) is 0 Å². The summed E-state index contributed by atoms with van der Waals surface area (Å²) < 4.78 is 4.52. The lowest BCUT2D eigenvalue weighted by Crippen LogP contribution is -2.16. The minimum absolute atomic E-state index is 0.141. The third-order valence-electron chi connectivity index (χ3n) is 2.16. The number of methoxy groups -OCH3 is 1. The topological polar surface area (TPSA) is 53.3 Å². The summed E-state index contributed by atoms with van der Waals surface area (Å²) in [6.07, 6.45) is 1.78. The van der Waals surface area contributed by atoms with E-state index in [2.05, 4.69) is 4.74 Å². The molecule has 0 aliphatic carbocycles. The summed E-state index contributed by atoms with van der Waals surface area (Å²) in [6, 6.07) is 1.89. The van der Waals surface area contributed by atoms with Crippen molar-refractivity contribution in [1.29, 1.82) is 5.26 Å². The molecule has 0 aromatic rings. The predicted molar refractivity (Wildman–Crippen MR) is 46.5 cm³/mol. The second-order valence-electron chi connectivity index (χ2n) is 2.95. The molecule has 0 bridgehead atoms. The van der Waals surface area contributed by atoms with Gasteiger partial charge in [-0.3, -0.25) is 0 Å². The predicted octanol–water partition coefficient (Wildman–Crippen LogP) is 0.663. The summed E-state index contributed by atoms with van der Waals surface area (Å²) in [5.41, 5.74) is 0.942. The minimum Gasteiger partial charge on any atom is -0.465 e. The van der Waals surface area contributed by atoms with Gasteiger partial charge >= 0.3 is 5.97 Å². The number of carbonyl (C=O) groups excluding carboxylic acids is 1. The maximum atomic E-state index is 11.1. The Bertz CT molecular complexity index is 288. The molecule has 0 amide bonds. The van der Waals surface area contributed by atoms with Gasteiger partial charge < -0.3 is 9.64 Å². The van der Waals surface area contributed by atoms with Crippen molar-refractivity contribution in [3.63, 3.8) is 0 Å². The van der Waals surface area contributed by atoms with E-state index < -0.39 is 5.97 Å². The average Bonchev–Trinajstić information content (AvgIpc) is 2.53. The van der Waals surface area contributed by atoms with Crippen molar-refractivity contribution in [1.82, 2.24) is 4.90 Å². The molecule has 0 saturated carbocycles. The van der Waals surface area contributed by atoms with Crippen molar-refractivity contribution < 1.29 is 9.53 Å². The Morgan fingerprint density at radius 1 is 1.69 bits per heavy atom. The van der Waals surface area contributed by atoms with E-state index in [0.717, 1.165) is 25.1 Å². The zero-order chi connectivity index (χ0) is 9.84. The number of allylic oxidation sites excluding steroid dienone is 1. The number of hydrogen-bond donors (Lipinski definition) is 0. The molecule has 0 N–H and O–H groups in total. The standard InChI is InChI=1S/C9H12N2O2/c1-11-5-3-4-8(11)7(6-10)9(12)13-2/h3-5H2,1-2H3. The highest BCUT2D eigenvalue weighted by Crippen LogP contribution is 2.22. The Morgan fingerprint density at radius 3 is 2.77 bits per heavy atom. The first kappa shape index (κ1) is 9.59. The van der Waals surface area contributed by atoms with E-state index in [1.807, 2.05) is 18.0 Å². The van der Waals surface area contributed by atoms with Crippen LogP contribution in [0.5, 0.6) is 0 Å². The summed E-state index contributed by atoms with van der Waals surface area (Å²) in [7, 11) is 3.16. The van der Waals surface area contributed by atoms with Crippen LogP contribution in [0, 0.1) is 11.3 Å². The third kappa shape index (κ3) is 1.81. The van der Waals surface area contributed by atoms with E-state index in [9.17, 15) is 4.79 Å². The van der Waals surface area contributed by atoms with Crippen LogP contribution in [0.25, 0.3) is 0 Å². The lowest BCUT2D eigenvalue weighted by molar-refractivity contribution is -0.135. The molecule has 0 aromatic heterocycles. The van der Waals surface area contributed by atoms with Gasteiger partial charge in [-0.25, -0.2) is 4.79 Å². The number of ether oxygens (including phenoxy) is 1. The van der Waals surface area contributed by atoms with E-state index in [1.54, 1.807) is 0 Å². The molecule has 1 rings (SSSR count). The van der Waals surface area contributed by atoms with Gasteiger partial charge in [0, 0.05) is 19.3 Å². The van der Waals surface area contributed by atoms with Gasteiger partial charge in [0.2, 0.25) is 0 Å². The Kier molecular flexibility index (Phi) is 2.91. The van der Waals surface area contributed by atoms with Gasteiger partial charge in [0.1, 0.15) is 6.07 Å². The molecule has 0 unspecified atom stereocenters. The van der Waals surface area contributed by atoms with Crippen LogP contribution in [0.3, 0.4) is 0 Å². The summed E-state index contributed by atoms with van der Waals surface area (Å²) in [6.45, 7) is 0.900. The molecule has 70 valence electrons. The van der Waals surface area contributed by atoms with E-state index in [1.165, 1.54) is 7.11 Å². The summed E-state index contributed by atoms with van der Waals surface area (Å²) in [4.78, 5) is 13.1. The average molecular weight is 180 g/mol. The molecular formula is C9H12N2O2. The number of nitriles is 1. The zero-order valence-electron chi connectivity index (χ0n) is 7.83. The van der Waals surface area contributed by atoms with Gasteiger partial charge in [-0.2, -0.15) is 5.26 Å². The first-order valence-corrected chi connectivity index (χ1v) is 4.13. The molecule has 4 nitrogen and oxygen atoms in total. The van der Waals surface area contributed by atoms with Crippen LogP contribution in [-0.4, -0.2) is 31.6 Å². The number of hydrogen-bond acceptors (Lipinski definition) is 4. The maximum Gasteiger partial charge on any atom is 0.350 e. The highest BCUT2D eigenvalue weighted by atomic mass is 16.5. The number of esters is 1. The second-order valence-corrected chi connectivity index (χ2v) is 2.95. The van der Waals surface area contributed by atoms with Crippen molar-refractivity contribution in [3.8, 4) is 6.07 Å². The van der Waals surface area contributed by atoms with Crippen molar-refractivity contribution in [3.05, 3.63) is 11.3 Å². The quantitative estimate of drug-likeness (QED) is 0.338. The van der Waals surface area contributed by atoms with E-state index >= 15 is 0 Å². The molecule has 1 fully saturated rings. The lowest BCUT2D eigenvalue weighted by atomic mass is 10.2. The molecule has 1 heterocycles. The molecule has 1 aliphatic heterocycles. The fraction of sp³-hybridized carbons (Fsp3) is 0.556. The summed E-state index contributed by atoms with van der Waals surface area (Å²) in [5, 5.41) is 8.77. The minimum atomic E-state index is -0.536. The highest BCUT2D eigenvalue weighted by molar-refractivity contribution is 5.93. The number of rotatable bonds is 1. The maximum absolute atomic E-state index is 11.1. The van der Waals surface area contributed by atoms with E-state index in [4.69, 9.17) is 5.26 Å². The summed E-state index contributed by atoms with van der Waals surface area (Å²) >= 11 is 0. The SMILES string of the molecule is COC(=O)C(C#N)=C1CCCN1C. The van der Waals surface area contributed by atoms with E-state index in [-0.39, 0.29) is 5.57 Å². The van der Waals surface area contributed by atoms with Crippen LogP contribution in [0.2, 0.25) is 0 Å². The second kappa shape index (κ2) is 3.94. The number of carbonyl (C=O) groups is 1. The van der Waals surface area contributed by atoms with Crippen LogP contribution in [-0.2, 0) is 9.53 Å². The van der Waals surface area contributed by atoms with Crippen LogP contribution >= 0.6 is 0 Å². The molecule has 0 spiro atoms. The Morgan fingerprint density at radius 2 is 2.38 bits per heavy atom. The smallest absolute Gasteiger partial charge is 0.350 e. The molecular weight excluding hydrogens is 168 g/mol. The number of nitrogens with zero attached hydrogens (tertiary/aromatic N) is 2. The van der Waals surface area contributed by atoms with Gasteiger partial charge in [0.15, 0.2) is 5.57 Å². The van der Waals surface area contributed by atoms with Crippen LogP contribution < -0.4 is 0 Å². The van der Waals surface area contributed by atoms with Gasteiger partial charge in [0.05, 0.1) is 7.11 Å². The zero-order valence-corrected chi connectivity index (χ0v) is 7.83. The highest BCUT2D eigenvalue weighted by Gasteiger charge is 2.22. The van der Waals surface area contributed by atoms with Gasteiger partial charge in [-0.05, 0) is 12.8 Å². The van der Waals surface area contributed by atoms with Crippen LogP contribution in [0.15, 0.2) is 11.3 Å². The summed E-state index contributed by atoms with van der Waals surface area (Å²) in [5.74, 6) is -0.536. The molecule has 0 aromatic carbocycles. The first-order chi connectivity index (χ1) is 6.20. The fourth-order valence-electron chi connectivity index (χ4n) is 1.46. The largest absolute Gasteiger partial charge is 0.465 e. The van der Waals surface area contributed by atoms with E-state index in [0.29, 0.717) is 0 Å². The third-order valence-corrected chi connectivity index (χ3v) is 2.16. The molecule has 13 heavy (non-hydrogen) atoms. The van der Waals surface area contributed by atoms with Crippen molar-refractivity contribution in [2.24, 2.45) is 0 Å². The van der Waals surface area contributed by atoms with Crippen molar-refractivity contribution in [2.75, 3.05) is 20.7 Å². The van der Waals surface area contributed by atoms with Crippen LogP contribution in [0.1, 0.15) is 12.8 Å². The van der Waals surface area contributed by atoms with Crippen molar-refractivity contribution in [2.45, 2.75) is 12.8 Å². The van der Waals surface area contributed by atoms with Crippen LogP contribution in [0.4, 0.5) is 0 Å². The van der Waals surface area contributed by atoms with Crippen molar-refractivity contribution >= 4 is 5.97 Å². The lowest BCUT2D eigenvalue weighted by Gasteiger charge is -2.13. The first-order valence-electron chi connectivity index (χ1n) is 4.13. The van der Waals surface area contributed by atoms with Gasteiger partial charge in [-0.15, -0.1) is 0 Å². The molecule has 1 aliphatic rings. The normalized spacial score (nSPS) is 19.6. The molecule has 4 heteroatoms. The Hall–Kier alpha value is -1.50. The molecule has 0 radical (unpaired) electrons. The monoisotopic (exact) mass is 180 g/mol. The van der Waals surface area contributed by atoms with Gasteiger partial charge in [0.25, 0.3) is 0 Å². The Balaban J connectivity index is 2.98. The molecule has 1 saturated heterocycles. The Labute approximate surface area is 77.4 Å². The fourth-order valence-corrected chi connectivity index (χ4v) is 1.46. The number of likely N-dealkylation sites (tertiary alicyclic amines) is 1.